The molecule has 2 aromatic rings. The fraction of sp³-hybridized carbons (Fsp3) is 0.308. The molecular weight excluding hydrogens is 278 g/mol. The van der Waals surface area contributed by atoms with Crippen molar-refractivity contribution >= 4 is 15.9 Å². The van der Waals surface area contributed by atoms with Gasteiger partial charge >= 0.3 is 0 Å². The summed E-state index contributed by atoms with van der Waals surface area (Å²) in [7, 11) is 0. The highest BCUT2D eigenvalue weighted by atomic mass is 79.9. The monoisotopic (exact) mass is 293 g/mol. The number of nitrogens with zero attached hydrogens (tertiary/aromatic N) is 1. The van der Waals surface area contributed by atoms with Crippen molar-refractivity contribution in [3.8, 4) is 11.3 Å². The maximum absolute atomic E-state index is 5.55. The quantitative estimate of drug-likeness (QED) is 0.914. The second-order valence-electron chi connectivity index (χ2n) is 4.20. The number of H-pyrrole nitrogens is 1. The Hall–Kier alpha value is -1.13. The Balaban J connectivity index is 2.42. The van der Waals surface area contributed by atoms with Crippen molar-refractivity contribution in [3.05, 3.63) is 39.5 Å². The number of halogens is 1. The number of aryl methyl sites for hydroxylation is 2. The summed E-state index contributed by atoms with van der Waals surface area (Å²) >= 11 is 3.58. The Morgan fingerprint density at radius 2 is 2.06 bits per heavy atom. The summed E-state index contributed by atoms with van der Waals surface area (Å²) in [4.78, 5) is 0. The first-order valence-electron chi connectivity index (χ1n) is 5.64. The Labute approximate surface area is 110 Å². The Kier molecular flexibility index (Phi) is 3.64. The lowest BCUT2D eigenvalue weighted by atomic mass is 10.0. The van der Waals surface area contributed by atoms with Crippen molar-refractivity contribution in [2.24, 2.45) is 5.73 Å². The minimum atomic E-state index is 0.618. The maximum atomic E-state index is 5.55. The first-order valence-corrected chi connectivity index (χ1v) is 6.43. The minimum absolute atomic E-state index is 0.618. The number of aromatic amines is 1. The molecule has 2 rings (SSSR count). The lowest BCUT2D eigenvalue weighted by molar-refractivity contribution is 0.898. The fourth-order valence-electron chi connectivity index (χ4n) is 1.75. The molecule has 3 N–H and O–H groups in total. The third kappa shape index (κ3) is 2.42. The molecule has 1 aromatic carbocycles. The number of nitrogens with two attached hydrogens (primary N) is 1. The highest BCUT2D eigenvalue weighted by Gasteiger charge is 2.12. The van der Waals surface area contributed by atoms with Crippen molar-refractivity contribution in [1.29, 1.82) is 0 Å². The van der Waals surface area contributed by atoms with Gasteiger partial charge in [0.1, 0.15) is 5.69 Å². The molecule has 0 amide bonds. The van der Waals surface area contributed by atoms with Crippen LogP contribution in [0.1, 0.15) is 16.8 Å². The molecule has 17 heavy (non-hydrogen) atoms. The van der Waals surface area contributed by atoms with E-state index in [2.05, 4.69) is 58.2 Å². The summed E-state index contributed by atoms with van der Waals surface area (Å²) < 4.78 is 1.02. The van der Waals surface area contributed by atoms with E-state index in [1.54, 1.807) is 0 Å². The zero-order valence-corrected chi connectivity index (χ0v) is 11.6. The highest BCUT2D eigenvalue weighted by molar-refractivity contribution is 9.10. The predicted octanol–water partition coefficient (Wildman–Crippen LogP) is 2.96. The van der Waals surface area contributed by atoms with Crippen LogP contribution in [0.5, 0.6) is 0 Å². The molecule has 4 heteroatoms. The van der Waals surface area contributed by atoms with Gasteiger partial charge in [-0.05, 0) is 53.5 Å². The topological polar surface area (TPSA) is 54.7 Å². The molecule has 0 bridgehead atoms. The van der Waals surface area contributed by atoms with Crippen molar-refractivity contribution < 1.29 is 0 Å². The van der Waals surface area contributed by atoms with E-state index >= 15 is 0 Å². The van der Waals surface area contributed by atoms with Crippen LogP contribution >= 0.6 is 15.9 Å². The van der Waals surface area contributed by atoms with Crippen LogP contribution in [0, 0.1) is 13.8 Å². The largest absolute Gasteiger partial charge is 0.330 e. The number of benzene rings is 1. The van der Waals surface area contributed by atoms with Gasteiger partial charge in [0, 0.05) is 12.0 Å². The summed E-state index contributed by atoms with van der Waals surface area (Å²) in [5, 5.41) is 7.38. The van der Waals surface area contributed by atoms with E-state index in [0.717, 1.165) is 27.8 Å². The van der Waals surface area contributed by atoms with Gasteiger partial charge in [-0.2, -0.15) is 5.10 Å². The van der Waals surface area contributed by atoms with Gasteiger partial charge in [-0.15, -0.1) is 0 Å². The second-order valence-corrected chi connectivity index (χ2v) is 5.00. The molecule has 0 aliphatic rings. The zero-order valence-electron chi connectivity index (χ0n) is 10.0. The average molecular weight is 294 g/mol. The number of rotatable bonds is 3. The van der Waals surface area contributed by atoms with E-state index < -0.39 is 0 Å². The predicted molar refractivity (Wildman–Crippen MR) is 74.0 cm³/mol. The van der Waals surface area contributed by atoms with Gasteiger partial charge in [0.25, 0.3) is 0 Å². The summed E-state index contributed by atoms with van der Waals surface area (Å²) in [6, 6.07) is 6.37. The van der Waals surface area contributed by atoms with Crippen LogP contribution in [0.2, 0.25) is 0 Å². The third-order valence-electron chi connectivity index (χ3n) is 2.95. The molecular formula is C13H16BrN3. The highest BCUT2D eigenvalue weighted by Crippen LogP contribution is 2.30. The smallest absolute Gasteiger partial charge is 0.107 e. The van der Waals surface area contributed by atoms with Crippen LogP contribution in [0.3, 0.4) is 0 Å². The molecule has 0 atom stereocenters. The van der Waals surface area contributed by atoms with Crippen molar-refractivity contribution in [1.82, 2.24) is 10.2 Å². The summed E-state index contributed by atoms with van der Waals surface area (Å²) in [6.07, 6.45) is 0.804. The molecule has 0 saturated carbocycles. The van der Waals surface area contributed by atoms with E-state index in [0.29, 0.717) is 6.54 Å². The van der Waals surface area contributed by atoms with Crippen molar-refractivity contribution in [2.75, 3.05) is 6.54 Å². The summed E-state index contributed by atoms with van der Waals surface area (Å²) in [6.45, 7) is 4.84. The van der Waals surface area contributed by atoms with Crippen LogP contribution in [-0.2, 0) is 6.42 Å². The minimum Gasteiger partial charge on any atom is -0.330 e. The number of hydrogen-bond acceptors (Lipinski definition) is 2. The van der Waals surface area contributed by atoms with Crippen LogP contribution in [0.25, 0.3) is 11.3 Å². The normalized spacial score (nSPS) is 10.8. The second kappa shape index (κ2) is 5.02. The molecule has 0 saturated heterocycles. The van der Waals surface area contributed by atoms with E-state index in [9.17, 15) is 0 Å². The number of nitrogens with one attached hydrogen (secondary N) is 1. The standard InChI is InChI=1S/C13H16BrN3/c1-8-3-4-10(7-9(8)2)13-12(14)11(5-6-15)16-17-13/h3-4,7H,5-6,15H2,1-2H3,(H,16,17). The molecule has 0 spiro atoms. The molecule has 3 nitrogen and oxygen atoms in total. The molecule has 90 valence electrons. The van der Waals surface area contributed by atoms with Crippen LogP contribution in [-0.4, -0.2) is 16.7 Å². The van der Waals surface area contributed by atoms with Crippen molar-refractivity contribution in [3.63, 3.8) is 0 Å². The molecule has 0 fully saturated rings. The van der Waals surface area contributed by atoms with Gasteiger partial charge in [0.05, 0.1) is 10.2 Å². The molecule has 0 radical (unpaired) electrons. The molecule has 1 aromatic heterocycles. The van der Waals surface area contributed by atoms with Crippen LogP contribution in [0.15, 0.2) is 22.7 Å². The van der Waals surface area contributed by atoms with E-state index in [1.165, 1.54) is 11.1 Å². The maximum Gasteiger partial charge on any atom is 0.107 e. The molecule has 1 heterocycles. The Morgan fingerprint density at radius 1 is 1.29 bits per heavy atom. The van der Waals surface area contributed by atoms with Crippen LogP contribution in [0.4, 0.5) is 0 Å². The van der Waals surface area contributed by atoms with Gasteiger partial charge in [0.15, 0.2) is 0 Å². The average Bonchev–Trinajstić information content (AvgIpc) is 2.66. The van der Waals surface area contributed by atoms with Crippen LogP contribution < -0.4 is 5.73 Å². The van der Waals surface area contributed by atoms with Gasteiger partial charge in [-0.1, -0.05) is 12.1 Å². The van der Waals surface area contributed by atoms with Gasteiger partial charge in [0.2, 0.25) is 0 Å². The zero-order chi connectivity index (χ0) is 12.4. The van der Waals surface area contributed by atoms with Gasteiger partial charge < -0.3 is 5.73 Å². The first-order chi connectivity index (χ1) is 8.13. The Bertz CT molecular complexity index is 531. The SMILES string of the molecule is Cc1ccc(-c2n[nH]c(CCN)c2Br)cc1C. The number of aromatic nitrogens is 2. The van der Waals surface area contributed by atoms with Crippen molar-refractivity contribution in [2.45, 2.75) is 20.3 Å². The van der Waals surface area contributed by atoms with Gasteiger partial charge in [-0.3, -0.25) is 5.10 Å². The van der Waals surface area contributed by atoms with E-state index in [1.807, 2.05) is 0 Å². The third-order valence-corrected chi connectivity index (χ3v) is 3.80. The molecule has 0 unspecified atom stereocenters. The fourth-order valence-corrected chi connectivity index (χ4v) is 2.36. The molecule has 0 aliphatic heterocycles. The number of hydrogen-bond donors (Lipinski definition) is 2. The lowest BCUT2D eigenvalue weighted by Crippen LogP contribution is -2.03. The molecule has 0 aliphatic carbocycles. The Morgan fingerprint density at radius 3 is 2.71 bits per heavy atom. The van der Waals surface area contributed by atoms with E-state index in [4.69, 9.17) is 5.73 Å². The lowest BCUT2D eigenvalue weighted by Gasteiger charge is -2.03. The van der Waals surface area contributed by atoms with Gasteiger partial charge in [-0.25, -0.2) is 0 Å². The summed E-state index contributed by atoms with van der Waals surface area (Å²) in [5.74, 6) is 0. The first kappa shape index (κ1) is 12.3. The summed E-state index contributed by atoms with van der Waals surface area (Å²) in [5.41, 5.74) is 11.3. The van der Waals surface area contributed by atoms with E-state index in [-0.39, 0.29) is 0 Å².